The van der Waals surface area contributed by atoms with Gasteiger partial charge in [0.15, 0.2) is 11.5 Å². The predicted octanol–water partition coefficient (Wildman–Crippen LogP) is 2.16. The molecule has 0 bridgehead atoms. The fraction of sp³-hybridized carbons (Fsp3) is 0.538. The zero-order chi connectivity index (χ0) is 12.7. The van der Waals surface area contributed by atoms with E-state index in [9.17, 15) is 5.11 Å². The summed E-state index contributed by atoms with van der Waals surface area (Å²) in [7, 11) is 1.58. The molecule has 0 saturated heterocycles. The third-order valence-electron chi connectivity index (χ3n) is 2.36. The monoisotopic (exact) mass is 240 g/mol. The Labute approximate surface area is 102 Å². The maximum Gasteiger partial charge on any atom is 0.161 e. The topological polar surface area (TPSA) is 47.9 Å². The van der Waals surface area contributed by atoms with Gasteiger partial charge in [0.2, 0.25) is 0 Å². The quantitative estimate of drug-likeness (QED) is 0.742. The highest BCUT2D eigenvalue weighted by atomic mass is 16.5. The lowest BCUT2D eigenvalue weighted by atomic mass is 10.1. The third-order valence-corrected chi connectivity index (χ3v) is 2.36. The molecule has 0 saturated carbocycles. The van der Waals surface area contributed by atoms with Gasteiger partial charge < -0.3 is 19.3 Å². The van der Waals surface area contributed by atoms with Crippen molar-refractivity contribution in [1.82, 2.24) is 0 Å². The maximum atomic E-state index is 9.46. The Morgan fingerprint density at radius 2 is 2.00 bits per heavy atom. The van der Waals surface area contributed by atoms with Crippen molar-refractivity contribution in [2.75, 3.05) is 26.9 Å². The minimum atomic E-state index is -0.513. The number of aliphatic hydroxyl groups excluding tert-OH is 1. The summed E-state index contributed by atoms with van der Waals surface area (Å²) in [5, 5.41) is 9.46. The van der Waals surface area contributed by atoms with Crippen LogP contribution in [-0.2, 0) is 4.74 Å². The SMILES string of the molecule is CCOCCOc1ccc([C@@H](C)O)cc1OC. The molecular formula is C13H20O4. The Bertz CT molecular complexity index is 336. The molecule has 4 nitrogen and oxygen atoms in total. The second-order valence-electron chi connectivity index (χ2n) is 3.63. The summed E-state index contributed by atoms with van der Waals surface area (Å²) < 4.78 is 15.9. The molecule has 0 amide bonds. The first kappa shape index (κ1) is 13.8. The van der Waals surface area contributed by atoms with Crippen molar-refractivity contribution in [3.05, 3.63) is 23.8 Å². The molecule has 0 radical (unpaired) electrons. The summed E-state index contributed by atoms with van der Waals surface area (Å²) in [6.07, 6.45) is -0.513. The van der Waals surface area contributed by atoms with Gasteiger partial charge in [0.25, 0.3) is 0 Å². The molecule has 0 heterocycles. The molecule has 17 heavy (non-hydrogen) atoms. The van der Waals surface area contributed by atoms with E-state index >= 15 is 0 Å². The van der Waals surface area contributed by atoms with Gasteiger partial charge in [-0.15, -0.1) is 0 Å². The van der Waals surface area contributed by atoms with Crippen molar-refractivity contribution in [3.63, 3.8) is 0 Å². The molecule has 0 spiro atoms. The zero-order valence-electron chi connectivity index (χ0n) is 10.6. The first-order valence-corrected chi connectivity index (χ1v) is 5.75. The molecule has 0 fully saturated rings. The van der Waals surface area contributed by atoms with Gasteiger partial charge in [-0.3, -0.25) is 0 Å². The second kappa shape index (κ2) is 7.14. The summed E-state index contributed by atoms with van der Waals surface area (Å²) >= 11 is 0. The van der Waals surface area contributed by atoms with E-state index in [1.165, 1.54) is 0 Å². The predicted molar refractivity (Wildman–Crippen MR) is 65.6 cm³/mol. The van der Waals surface area contributed by atoms with Crippen LogP contribution in [0.25, 0.3) is 0 Å². The van der Waals surface area contributed by atoms with Crippen molar-refractivity contribution in [3.8, 4) is 11.5 Å². The van der Waals surface area contributed by atoms with E-state index in [2.05, 4.69) is 0 Å². The molecule has 0 aliphatic rings. The molecule has 1 aromatic carbocycles. The van der Waals surface area contributed by atoms with E-state index < -0.39 is 6.10 Å². The number of benzene rings is 1. The molecule has 0 aliphatic carbocycles. The van der Waals surface area contributed by atoms with Crippen LogP contribution in [0.5, 0.6) is 11.5 Å². The summed E-state index contributed by atoms with van der Waals surface area (Å²) in [6, 6.07) is 5.40. The van der Waals surface area contributed by atoms with Gasteiger partial charge in [0, 0.05) is 6.61 Å². The average Bonchev–Trinajstić information content (AvgIpc) is 2.34. The van der Waals surface area contributed by atoms with Crippen LogP contribution in [-0.4, -0.2) is 32.0 Å². The van der Waals surface area contributed by atoms with E-state index in [1.54, 1.807) is 26.2 Å². The van der Waals surface area contributed by atoms with Crippen molar-refractivity contribution in [2.45, 2.75) is 20.0 Å². The van der Waals surface area contributed by atoms with E-state index in [-0.39, 0.29) is 0 Å². The van der Waals surface area contributed by atoms with Gasteiger partial charge >= 0.3 is 0 Å². The highest BCUT2D eigenvalue weighted by Gasteiger charge is 2.08. The lowest BCUT2D eigenvalue weighted by Crippen LogP contribution is -2.07. The Balaban J connectivity index is 2.65. The zero-order valence-corrected chi connectivity index (χ0v) is 10.6. The Hall–Kier alpha value is -1.26. The van der Waals surface area contributed by atoms with E-state index in [0.29, 0.717) is 31.3 Å². The minimum Gasteiger partial charge on any atom is -0.493 e. The molecule has 4 heteroatoms. The number of methoxy groups -OCH3 is 1. The van der Waals surface area contributed by atoms with Gasteiger partial charge in [0.1, 0.15) is 6.61 Å². The molecule has 1 atom stereocenters. The normalized spacial score (nSPS) is 12.2. The van der Waals surface area contributed by atoms with Crippen molar-refractivity contribution >= 4 is 0 Å². The number of hydrogen-bond donors (Lipinski definition) is 1. The van der Waals surface area contributed by atoms with Crippen LogP contribution in [0, 0.1) is 0 Å². The molecule has 1 N–H and O–H groups in total. The van der Waals surface area contributed by atoms with Crippen molar-refractivity contribution < 1.29 is 19.3 Å². The third kappa shape index (κ3) is 4.24. The lowest BCUT2D eigenvalue weighted by molar-refractivity contribution is 0.109. The van der Waals surface area contributed by atoms with E-state index in [4.69, 9.17) is 14.2 Å². The lowest BCUT2D eigenvalue weighted by Gasteiger charge is -2.13. The molecular weight excluding hydrogens is 220 g/mol. The summed E-state index contributed by atoms with van der Waals surface area (Å²) in [5.74, 6) is 1.29. The number of hydrogen-bond acceptors (Lipinski definition) is 4. The minimum absolute atomic E-state index is 0.484. The summed E-state index contributed by atoms with van der Waals surface area (Å²) in [4.78, 5) is 0. The van der Waals surface area contributed by atoms with Crippen LogP contribution in [0.15, 0.2) is 18.2 Å². The van der Waals surface area contributed by atoms with E-state index in [0.717, 1.165) is 5.56 Å². The number of ether oxygens (including phenoxy) is 3. The summed E-state index contributed by atoms with van der Waals surface area (Å²) in [6.45, 7) is 5.37. The molecule has 96 valence electrons. The average molecular weight is 240 g/mol. The highest BCUT2D eigenvalue weighted by molar-refractivity contribution is 5.43. The van der Waals surface area contributed by atoms with Gasteiger partial charge in [0.05, 0.1) is 19.8 Å². The largest absolute Gasteiger partial charge is 0.493 e. The molecule has 1 aromatic rings. The Kier molecular flexibility index (Phi) is 5.80. The van der Waals surface area contributed by atoms with Gasteiger partial charge in [-0.1, -0.05) is 6.07 Å². The maximum absolute atomic E-state index is 9.46. The number of rotatable bonds is 7. The highest BCUT2D eigenvalue weighted by Crippen LogP contribution is 2.30. The van der Waals surface area contributed by atoms with Crippen LogP contribution in [0.3, 0.4) is 0 Å². The van der Waals surface area contributed by atoms with Gasteiger partial charge in [-0.2, -0.15) is 0 Å². The number of aliphatic hydroxyl groups is 1. The first-order valence-electron chi connectivity index (χ1n) is 5.75. The van der Waals surface area contributed by atoms with Crippen LogP contribution in [0.1, 0.15) is 25.5 Å². The van der Waals surface area contributed by atoms with E-state index in [1.807, 2.05) is 13.0 Å². The second-order valence-corrected chi connectivity index (χ2v) is 3.63. The van der Waals surface area contributed by atoms with Crippen molar-refractivity contribution in [1.29, 1.82) is 0 Å². The van der Waals surface area contributed by atoms with Gasteiger partial charge in [-0.25, -0.2) is 0 Å². The Morgan fingerprint density at radius 3 is 2.59 bits per heavy atom. The molecule has 0 aliphatic heterocycles. The van der Waals surface area contributed by atoms with Crippen LogP contribution >= 0.6 is 0 Å². The van der Waals surface area contributed by atoms with Crippen LogP contribution < -0.4 is 9.47 Å². The summed E-state index contributed by atoms with van der Waals surface area (Å²) in [5.41, 5.74) is 0.805. The van der Waals surface area contributed by atoms with Crippen LogP contribution in [0.2, 0.25) is 0 Å². The fourth-order valence-electron chi connectivity index (χ4n) is 1.42. The van der Waals surface area contributed by atoms with Crippen molar-refractivity contribution in [2.24, 2.45) is 0 Å². The molecule has 1 rings (SSSR count). The molecule has 0 unspecified atom stereocenters. The molecule has 0 aromatic heterocycles. The first-order chi connectivity index (χ1) is 8.19. The Morgan fingerprint density at radius 1 is 1.24 bits per heavy atom. The standard InChI is InChI=1S/C13H20O4/c1-4-16-7-8-17-12-6-5-11(10(2)14)9-13(12)15-3/h5-6,9-10,14H,4,7-8H2,1-3H3/t10-/m1/s1. The smallest absolute Gasteiger partial charge is 0.161 e. The van der Waals surface area contributed by atoms with Crippen LogP contribution in [0.4, 0.5) is 0 Å². The fourth-order valence-corrected chi connectivity index (χ4v) is 1.42. The van der Waals surface area contributed by atoms with Gasteiger partial charge in [-0.05, 0) is 31.5 Å².